The molecule has 2 aliphatic rings. The second-order valence-electron chi connectivity index (χ2n) is 8.54. The zero-order chi connectivity index (χ0) is 19.7. The Morgan fingerprint density at radius 1 is 1.26 bits per heavy atom. The normalized spacial score (nSPS) is 26.0. The minimum atomic E-state index is -0.833. The third-order valence-corrected chi connectivity index (χ3v) is 5.79. The Balaban J connectivity index is 1.59. The highest BCUT2D eigenvalue weighted by Crippen LogP contribution is 2.29. The molecule has 0 bridgehead atoms. The van der Waals surface area contributed by atoms with E-state index in [0.29, 0.717) is 19.7 Å². The number of benzene rings is 1. The van der Waals surface area contributed by atoms with Crippen LogP contribution in [0.15, 0.2) is 24.3 Å². The predicted octanol–water partition coefficient (Wildman–Crippen LogP) is 1.51. The van der Waals surface area contributed by atoms with Crippen LogP contribution in [0.25, 0.3) is 0 Å². The topological polar surface area (TPSA) is 56.2 Å². The fraction of sp³-hybridized carbons (Fsp3) is 0.667. The number of aryl methyl sites for hydroxylation is 1. The molecule has 6 heteroatoms. The molecular weight excluding hydrogens is 342 g/mol. The number of ether oxygens (including phenoxy) is 1. The number of morpholine rings is 1. The Morgan fingerprint density at radius 3 is 2.59 bits per heavy atom. The van der Waals surface area contributed by atoms with Crippen LogP contribution < -0.4 is 4.90 Å². The Hall–Kier alpha value is -1.63. The minimum absolute atomic E-state index is 0.0199. The summed E-state index contributed by atoms with van der Waals surface area (Å²) in [6, 6.07) is 8.53. The number of hydrogen-bond donors (Lipinski definition) is 1. The van der Waals surface area contributed by atoms with Crippen LogP contribution in [0.2, 0.25) is 0 Å². The molecule has 0 spiro atoms. The molecule has 3 rings (SSSR count). The SMILES string of the molecule is Cc1cccc(N2CCC(O)(CN3CCOC(C)(C(=O)N(C)C)C3)CC2)c1. The highest BCUT2D eigenvalue weighted by atomic mass is 16.5. The summed E-state index contributed by atoms with van der Waals surface area (Å²) < 4.78 is 5.80. The summed E-state index contributed by atoms with van der Waals surface area (Å²) >= 11 is 0. The first-order chi connectivity index (χ1) is 12.7. The maximum atomic E-state index is 12.5. The summed E-state index contributed by atoms with van der Waals surface area (Å²) in [6.45, 7) is 8.03. The second kappa shape index (κ2) is 7.78. The van der Waals surface area contributed by atoms with E-state index in [1.54, 1.807) is 19.0 Å². The van der Waals surface area contributed by atoms with Crippen molar-refractivity contribution in [3.63, 3.8) is 0 Å². The van der Waals surface area contributed by atoms with Crippen molar-refractivity contribution < 1.29 is 14.6 Å². The summed E-state index contributed by atoms with van der Waals surface area (Å²) in [4.78, 5) is 18.6. The summed E-state index contributed by atoms with van der Waals surface area (Å²) in [5.41, 5.74) is 0.944. The van der Waals surface area contributed by atoms with E-state index >= 15 is 0 Å². The number of aliphatic hydroxyl groups is 1. The van der Waals surface area contributed by atoms with Gasteiger partial charge in [0, 0.05) is 52.5 Å². The van der Waals surface area contributed by atoms with E-state index < -0.39 is 11.2 Å². The van der Waals surface area contributed by atoms with Gasteiger partial charge in [-0.1, -0.05) is 12.1 Å². The molecule has 1 atom stereocenters. The lowest BCUT2D eigenvalue weighted by molar-refractivity contribution is -0.168. The Labute approximate surface area is 162 Å². The molecule has 0 saturated carbocycles. The average Bonchev–Trinajstić information content (AvgIpc) is 2.61. The quantitative estimate of drug-likeness (QED) is 0.865. The van der Waals surface area contributed by atoms with Crippen LogP contribution in [0.4, 0.5) is 5.69 Å². The molecule has 1 N–H and O–H groups in total. The minimum Gasteiger partial charge on any atom is -0.388 e. The lowest BCUT2D eigenvalue weighted by atomic mass is 9.89. The van der Waals surface area contributed by atoms with Gasteiger partial charge in [0.15, 0.2) is 5.60 Å². The first kappa shape index (κ1) is 20.1. The van der Waals surface area contributed by atoms with Gasteiger partial charge in [-0.2, -0.15) is 0 Å². The summed E-state index contributed by atoms with van der Waals surface area (Å²) in [7, 11) is 3.51. The third kappa shape index (κ3) is 4.62. The summed E-state index contributed by atoms with van der Waals surface area (Å²) in [5, 5.41) is 11.2. The van der Waals surface area contributed by atoms with Crippen LogP contribution in [0.1, 0.15) is 25.3 Å². The van der Waals surface area contributed by atoms with E-state index in [1.165, 1.54) is 11.3 Å². The van der Waals surface area contributed by atoms with Crippen LogP contribution in [0, 0.1) is 6.92 Å². The van der Waals surface area contributed by atoms with Crippen LogP contribution >= 0.6 is 0 Å². The molecule has 27 heavy (non-hydrogen) atoms. The Bertz CT molecular complexity index is 670. The summed E-state index contributed by atoms with van der Waals surface area (Å²) in [5.74, 6) is -0.0199. The largest absolute Gasteiger partial charge is 0.388 e. The first-order valence-corrected chi connectivity index (χ1v) is 9.83. The molecule has 1 aromatic rings. The van der Waals surface area contributed by atoms with Gasteiger partial charge in [0.2, 0.25) is 0 Å². The van der Waals surface area contributed by atoms with Gasteiger partial charge in [-0.3, -0.25) is 9.69 Å². The van der Waals surface area contributed by atoms with Crippen molar-refractivity contribution in [2.24, 2.45) is 0 Å². The van der Waals surface area contributed by atoms with E-state index in [4.69, 9.17) is 4.74 Å². The molecule has 2 saturated heterocycles. The van der Waals surface area contributed by atoms with Gasteiger partial charge < -0.3 is 19.6 Å². The van der Waals surface area contributed by atoms with Gasteiger partial charge in [-0.05, 0) is 44.4 Å². The molecule has 0 aromatic heterocycles. The Kier molecular flexibility index (Phi) is 5.79. The lowest BCUT2D eigenvalue weighted by Gasteiger charge is -2.45. The number of nitrogens with zero attached hydrogens (tertiary/aromatic N) is 3. The smallest absolute Gasteiger partial charge is 0.255 e. The highest BCUT2D eigenvalue weighted by molar-refractivity contribution is 5.84. The molecule has 1 aromatic carbocycles. The molecule has 1 unspecified atom stereocenters. The molecule has 2 aliphatic heterocycles. The number of rotatable bonds is 4. The fourth-order valence-electron chi connectivity index (χ4n) is 4.27. The summed E-state index contributed by atoms with van der Waals surface area (Å²) in [6.07, 6.45) is 1.47. The van der Waals surface area contributed by atoms with E-state index in [9.17, 15) is 9.90 Å². The standard InChI is InChI=1S/C21H33N3O3/c1-17-6-5-7-18(14-17)24-10-8-21(26,9-11-24)16-23-12-13-27-20(2,15-23)19(25)22(3)4/h5-7,14,26H,8-13,15-16H2,1-4H3. The molecule has 0 radical (unpaired) electrons. The van der Waals surface area contributed by atoms with Crippen molar-refractivity contribution in [3.05, 3.63) is 29.8 Å². The van der Waals surface area contributed by atoms with E-state index in [0.717, 1.165) is 32.5 Å². The molecule has 150 valence electrons. The van der Waals surface area contributed by atoms with Gasteiger partial charge in [0.25, 0.3) is 5.91 Å². The molecule has 2 heterocycles. The van der Waals surface area contributed by atoms with Gasteiger partial charge in [0.1, 0.15) is 0 Å². The molecular formula is C21H33N3O3. The zero-order valence-electron chi connectivity index (χ0n) is 17.1. The van der Waals surface area contributed by atoms with Crippen molar-refractivity contribution in [1.29, 1.82) is 0 Å². The first-order valence-electron chi connectivity index (χ1n) is 9.83. The van der Waals surface area contributed by atoms with Gasteiger partial charge >= 0.3 is 0 Å². The van der Waals surface area contributed by atoms with Crippen LogP contribution in [-0.4, -0.2) is 85.4 Å². The van der Waals surface area contributed by atoms with Crippen molar-refractivity contribution in [2.45, 2.75) is 37.9 Å². The number of carbonyl (C=O) groups is 1. The van der Waals surface area contributed by atoms with Crippen LogP contribution in [0.3, 0.4) is 0 Å². The average molecular weight is 376 g/mol. The zero-order valence-corrected chi connectivity index (χ0v) is 17.1. The maximum absolute atomic E-state index is 12.5. The van der Waals surface area contributed by atoms with Gasteiger partial charge in [-0.15, -0.1) is 0 Å². The van der Waals surface area contributed by atoms with E-state index in [-0.39, 0.29) is 5.91 Å². The maximum Gasteiger partial charge on any atom is 0.255 e. The molecule has 1 amide bonds. The Morgan fingerprint density at radius 2 is 1.96 bits per heavy atom. The monoisotopic (exact) mass is 375 g/mol. The van der Waals surface area contributed by atoms with Crippen LogP contribution in [0.5, 0.6) is 0 Å². The number of carbonyl (C=O) groups excluding carboxylic acids is 1. The van der Waals surface area contributed by atoms with Crippen molar-refractivity contribution >= 4 is 11.6 Å². The molecule has 6 nitrogen and oxygen atoms in total. The van der Waals surface area contributed by atoms with Crippen molar-refractivity contribution in [1.82, 2.24) is 9.80 Å². The lowest BCUT2D eigenvalue weighted by Crippen LogP contribution is -2.61. The number of β-amino-alcohol motifs (C(OH)–C–C–N with tert-alkyl or cyclic N) is 1. The van der Waals surface area contributed by atoms with E-state index in [2.05, 4.69) is 41.0 Å². The predicted molar refractivity (Wildman–Crippen MR) is 107 cm³/mol. The molecule has 0 aliphatic carbocycles. The van der Waals surface area contributed by atoms with Crippen molar-refractivity contribution in [2.75, 3.05) is 58.3 Å². The number of hydrogen-bond acceptors (Lipinski definition) is 5. The highest BCUT2D eigenvalue weighted by Gasteiger charge is 2.43. The fourth-order valence-corrected chi connectivity index (χ4v) is 4.27. The number of amides is 1. The third-order valence-electron chi connectivity index (χ3n) is 5.79. The van der Waals surface area contributed by atoms with Gasteiger partial charge in [0.05, 0.1) is 12.2 Å². The second-order valence-corrected chi connectivity index (χ2v) is 8.54. The van der Waals surface area contributed by atoms with Crippen molar-refractivity contribution in [3.8, 4) is 0 Å². The van der Waals surface area contributed by atoms with Crippen LogP contribution in [-0.2, 0) is 9.53 Å². The number of likely N-dealkylation sites (N-methyl/N-ethyl adjacent to an activating group) is 1. The molecule has 2 fully saturated rings. The van der Waals surface area contributed by atoms with Gasteiger partial charge in [-0.25, -0.2) is 0 Å². The number of piperidine rings is 1. The number of anilines is 1. The van der Waals surface area contributed by atoms with E-state index in [1.807, 2.05) is 6.92 Å².